The number of aromatic nitrogens is 1. The van der Waals surface area contributed by atoms with E-state index in [0.29, 0.717) is 10.4 Å². The molecule has 7 heteroatoms. The molecule has 126 valence electrons. The molecule has 2 heterocycles. The minimum absolute atomic E-state index is 0. The molecule has 4 nitrogen and oxygen atoms in total. The van der Waals surface area contributed by atoms with E-state index in [2.05, 4.69) is 22.4 Å². The Morgan fingerprint density at radius 3 is 2.62 bits per heavy atom. The number of thiophene rings is 1. The standard InChI is InChI=1S/C15H10N2O2S.C2H6.2W/c1-9-3-2-4-10(7-9)17-15(19)11-8-16-12-5-6-20-14(12)13(11)18;1-2;;/h2,5-8H,1H3,(H,16,18)(H,17,19);1-2H3;;/q-2;;;. The molecule has 1 amide bonds. The SMILES string of the molecule is CC.Cc1[c-]c[c-]c(NC(=O)c2c[nH]c3ccsc3c2=O)c1.[W].[W]. The van der Waals surface area contributed by atoms with Crippen LogP contribution in [0.25, 0.3) is 10.2 Å². The summed E-state index contributed by atoms with van der Waals surface area (Å²) < 4.78 is 0.555. The zero-order valence-electron chi connectivity index (χ0n) is 13.4. The number of aryl methyl sites for hydroxylation is 1. The molecule has 0 spiro atoms. The zero-order chi connectivity index (χ0) is 16.1. The molecule has 2 N–H and O–H groups in total. The number of hydrogen-bond acceptors (Lipinski definition) is 3. The number of hydrogen-bond donors (Lipinski definition) is 2. The summed E-state index contributed by atoms with van der Waals surface area (Å²) in [6.07, 6.45) is 1.44. The molecule has 0 radical (unpaired) electrons. The molecule has 0 aliphatic carbocycles. The topological polar surface area (TPSA) is 62.0 Å². The number of benzene rings is 1. The summed E-state index contributed by atoms with van der Waals surface area (Å²) in [6.45, 7) is 5.87. The molecule has 0 fully saturated rings. The monoisotopic (exact) mass is 680 g/mol. The molecule has 0 bridgehead atoms. The van der Waals surface area contributed by atoms with Crippen molar-refractivity contribution in [3.05, 3.63) is 63.3 Å². The van der Waals surface area contributed by atoms with Crippen molar-refractivity contribution < 1.29 is 46.9 Å². The molecule has 24 heavy (non-hydrogen) atoms. The minimum Gasteiger partial charge on any atom is -0.368 e. The summed E-state index contributed by atoms with van der Waals surface area (Å²) in [4.78, 5) is 27.3. The zero-order valence-corrected chi connectivity index (χ0v) is 20.1. The number of H-pyrrole nitrogens is 1. The number of rotatable bonds is 2. The predicted molar refractivity (Wildman–Crippen MR) is 90.6 cm³/mol. The number of anilines is 1. The maximum absolute atomic E-state index is 12.2. The fourth-order valence-electron chi connectivity index (χ4n) is 1.89. The van der Waals surface area contributed by atoms with Crippen molar-refractivity contribution in [2.45, 2.75) is 20.8 Å². The average molecular weight is 680 g/mol. The van der Waals surface area contributed by atoms with Gasteiger partial charge in [-0.2, -0.15) is 5.69 Å². The normalized spacial score (nSPS) is 9.12. The molecule has 0 aliphatic rings. The van der Waals surface area contributed by atoms with Crippen LogP contribution in [0.3, 0.4) is 0 Å². The minimum atomic E-state index is -0.441. The van der Waals surface area contributed by atoms with E-state index in [1.165, 1.54) is 17.5 Å². The second-order valence-corrected chi connectivity index (χ2v) is 5.24. The molecule has 2 aromatic heterocycles. The van der Waals surface area contributed by atoms with Gasteiger partial charge >= 0.3 is 0 Å². The van der Waals surface area contributed by atoms with E-state index in [9.17, 15) is 9.59 Å². The molecule has 3 aromatic rings. The van der Waals surface area contributed by atoms with E-state index in [1.807, 2.05) is 32.2 Å². The van der Waals surface area contributed by atoms with E-state index in [-0.39, 0.29) is 53.1 Å². The van der Waals surface area contributed by atoms with Crippen molar-refractivity contribution in [3.8, 4) is 0 Å². The van der Waals surface area contributed by atoms with Crippen LogP contribution >= 0.6 is 11.3 Å². The van der Waals surface area contributed by atoms with E-state index in [0.717, 1.165) is 11.1 Å². The first-order chi connectivity index (χ1) is 10.6. The largest absolute Gasteiger partial charge is 0.368 e. The van der Waals surface area contributed by atoms with E-state index in [1.54, 1.807) is 12.1 Å². The third-order valence-corrected chi connectivity index (χ3v) is 3.78. The first kappa shape index (κ1) is 23.0. The number of nitrogens with one attached hydrogen (secondary N) is 2. The Hall–Kier alpha value is -1.02. The fourth-order valence-corrected chi connectivity index (χ4v) is 2.71. The molecule has 0 unspecified atom stereocenters. The quantitative estimate of drug-likeness (QED) is 0.406. The molecule has 3 rings (SSSR count). The van der Waals surface area contributed by atoms with Crippen molar-refractivity contribution in [1.82, 2.24) is 4.98 Å². The van der Waals surface area contributed by atoms with Crippen LogP contribution in [0.4, 0.5) is 5.69 Å². The number of amides is 1. The maximum atomic E-state index is 12.2. The van der Waals surface area contributed by atoms with Gasteiger partial charge in [-0.25, -0.2) is 0 Å². The van der Waals surface area contributed by atoms with Crippen LogP contribution in [-0.4, -0.2) is 10.9 Å². The van der Waals surface area contributed by atoms with Gasteiger partial charge in [0.05, 0.1) is 10.2 Å². The van der Waals surface area contributed by atoms with Gasteiger partial charge in [0.2, 0.25) is 5.43 Å². The van der Waals surface area contributed by atoms with Gasteiger partial charge in [0.15, 0.2) is 0 Å². The molecule has 0 atom stereocenters. The maximum Gasteiger partial charge on any atom is 0.257 e. The van der Waals surface area contributed by atoms with Gasteiger partial charge in [-0.05, 0) is 11.4 Å². The van der Waals surface area contributed by atoms with Gasteiger partial charge in [-0.1, -0.05) is 20.8 Å². The Morgan fingerprint density at radius 1 is 1.25 bits per heavy atom. The fraction of sp³-hybridized carbons (Fsp3) is 0.176. The second kappa shape index (κ2) is 10.8. The first-order valence-corrected chi connectivity index (χ1v) is 7.83. The Balaban J connectivity index is 0.00000128. The Labute approximate surface area is 173 Å². The molecule has 0 aliphatic heterocycles. The number of pyridine rings is 1. The van der Waals surface area contributed by atoms with Gasteiger partial charge in [0, 0.05) is 48.3 Å². The number of fused-ring (bicyclic) bond motifs is 1. The van der Waals surface area contributed by atoms with Crippen LogP contribution in [0.5, 0.6) is 0 Å². The molecular weight excluding hydrogens is 664 g/mol. The van der Waals surface area contributed by atoms with Crippen molar-refractivity contribution in [2.24, 2.45) is 0 Å². The van der Waals surface area contributed by atoms with E-state index < -0.39 is 5.91 Å². The number of carbonyl (C=O) groups excluding carboxylic acids is 1. The predicted octanol–water partition coefficient (Wildman–Crippen LogP) is 3.77. The third kappa shape index (κ3) is 5.24. The first-order valence-electron chi connectivity index (χ1n) is 6.95. The van der Waals surface area contributed by atoms with Crippen LogP contribution in [0, 0.1) is 19.1 Å². The van der Waals surface area contributed by atoms with Crippen LogP contribution in [-0.2, 0) is 42.1 Å². The van der Waals surface area contributed by atoms with Crippen LogP contribution in [0.1, 0.15) is 29.8 Å². The van der Waals surface area contributed by atoms with Crippen LogP contribution < -0.4 is 10.7 Å². The Morgan fingerprint density at radius 2 is 1.96 bits per heavy atom. The second-order valence-electron chi connectivity index (χ2n) is 4.32. The summed E-state index contributed by atoms with van der Waals surface area (Å²) >= 11 is 1.32. The molecule has 0 saturated carbocycles. The number of aromatic amines is 1. The Kier molecular flexibility index (Phi) is 10.3. The van der Waals surface area contributed by atoms with Crippen LogP contribution in [0.2, 0.25) is 0 Å². The van der Waals surface area contributed by atoms with Gasteiger partial charge in [0.25, 0.3) is 5.91 Å². The summed E-state index contributed by atoms with van der Waals surface area (Å²) in [7, 11) is 0. The van der Waals surface area contributed by atoms with E-state index >= 15 is 0 Å². The van der Waals surface area contributed by atoms with Crippen molar-refractivity contribution in [2.75, 3.05) is 5.32 Å². The van der Waals surface area contributed by atoms with Crippen LogP contribution in [0.15, 0.2) is 34.6 Å². The average Bonchev–Trinajstić information content (AvgIpc) is 2.99. The summed E-state index contributed by atoms with van der Waals surface area (Å²) in [5.41, 5.74) is 2.00. The van der Waals surface area contributed by atoms with Crippen molar-refractivity contribution >= 4 is 33.1 Å². The number of carbonyl (C=O) groups is 1. The van der Waals surface area contributed by atoms with Crippen molar-refractivity contribution in [1.29, 1.82) is 0 Å². The molecular formula is C17H16N2O2SW2-2. The third-order valence-electron chi connectivity index (χ3n) is 2.87. The summed E-state index contributed by atoms with van der Waals surface area (Å²) in [5.74, 6) is -0.441. The molecule has 0 saturated heterocycles. The van der Waals surface area contributed by atoms with Gasteiger partial charge in [-0.3, -0.25) is 21.2 Å². The molecule has 1 aromatic carbocycles. The summed E-state index contributed by atoms with van der Waals surface area (Å²) in [5, 5.41) is 4.48. The van der Waals surface area contributed by atoms with Gasteiger partial charge < -0.3 is 28.5 Å². The Bertz CT molecular complexity index is 859. The van der Waals surface area contributed by atoms with Gasteiger partial charge in [0.1, 0.15) is 5.56 Å². The van der Waals surface area contributed by atoms with Gasteiger partial charge in [-0.15, -0.1) is 11.3 Å². The van der Waals surface area contributed by atoms with E-state index in [4.69, 9.17) is 0 Å². The van der Waals surface area contributed by atoms with Crippen molar-refractivity contribution in [3.63, 3.8) is 0 Å². The summed E-state index contributed by atoms with van der Waals surface area (Å²) in [6, 6.07) is 11.0. The smallest absolute Gasteiger partial charge is 0.257 e.